The van der Waals surface area contributed by atoms with Crippen molar-refractivity contribution >= 4 is 10.1 Å². The normalized spacial score (nSPS) is 11.3. The number of aryl methyl sites for hydroxylation is 3. The Kier molecular flexibility index (Phi) is 4.14. The van der Waals surface area contributed by atoms with Crippen LogP contribution in [-0.2, 0) is 16.5 Å². The van der Waals surface area contributed by atoms with Crippen LogP contribution in [0.4, 0.5) is 0 Å². The maximum absolute atomic E-state index is 12.3. The maximum Gasteiger partial charge on any atom is 0.339 e. The quantitative estimate of drug-likeness (QED) is 0.808. The zero-order valence-corrected chi connectivity index (χ0v) is 12.7. The van der Waals surface area contributed by atoms with Gasteiger partial charge < -0.3 is 4.18 Å². The number of rotatable bonds is 4. The highest BCUT2D eigenvalue weighted by atomic mass is 32.2. The molecule has 106 valence electrons. The van der Waals surface area contributed by atoms with E-state index in [0.29, 0.717) is 5.75 Å². The molecule has 0 saturated carbocycles. The van der Waals surface area contributed by atoms with E-state index in [1.165, 1.54) is 0 Å². The van der Waals surface area contributed by atoms with Crippen LogP contribution in [0, 0.1) is 13.8 Å². The van der Waals surface area contributed by atoms with Crippen LogP contribution >= 0.6 is 0 Å². The summed E-state index contributed by atoms with van der Waals surface area (Å²) < 4.78 is 30.0. The molecule has 0 aliphatic heterocycles. The van der Waals surface area contributed by atoms with Crippen molar-refractivity contribution in [1.29, 1.82) is 0 Å². The number of hydrogen-bond acceptors (Lipinski definition) is 3. The standard InChI is InChI=1S/C16H18O3S/c1-4-14-7-5-6-13(3)16(14)19-20(17,18)15-10-8-12(2)9-11-15/h5-11H,4H2,1-3H3. The summed E-state index contributed by atoms with van der Waals surface area (Å²) in [5.74, 6) is 0.440. The lowest BCUT2D eigenvalue weighted by atomic mass is 10.1. The van der Waals surface area contributed by atoms with Crippen molar-refractivity contribution in [3.8, 4) is 5.75 Å². The van der Waals surface area contributed by atoms with Gasteiger partial charge in [0, 0.05) is 0 Å². The predicted molar refractivity (Wildman–Crippen MR) is 79.5 cm³/mol. The number of para-hydroxylation sites is 1. The van der Waals surface area contributed by atoms with Gasteiger partial charge in [-0.05, 0) is 43.5 Å². The summed E-state index contributed by atoms with van der Waals surface area (Å²) in [5.41, 5.74) is 2.72. The van der Waals surface area contributed by atoms with Crippen molar-refractivity contribution < 1.29 is 12.6 Å². The van der Waals surface area contributed by atoms with E-state index in [1.807, 2.05) is 39.0 Å². The molecular formula is C16H18O3S. The Hall–Kier alpha value is -1.81. The van der Waals surface area contributed by atoms with E-state index in [-0.39, 0.29) is 4.90 Å². The maximum atomic E-state index is 12.3. The predicted octanol–water partition coefficient (Wildman–Crippen LogP) is 3.63. The Morgan fingerprint density at radius 3 is 2.25 bits per heavy atom. The summed E-state index contributed by atoms with van der Waals surface area (Å²) in [6.45, 7) is 5.73. The molecule has 20 heavy (non-hydrogen) atoms. The Morgan fingerprint density at radius 1 is 1.00 bits per heavy atom. The summed E-state index contributed by atoms with van der Waals surface area (Å²) in [4.78, 5) is 0.174. The average molecular weight is 290 g/mol. The molecule has 4 heteroatoms. The molecule has 0 N–H and O–H groups in total. The molecule has 0 atom stereocenters. The lowest BCUT2D eigenvalue weighted by Gasteiger charge is -2.13. The third kappa shape index (κ3) is 3.02. The molecule has 2 rings (SSSR count). The fraction of sp³-hybridized carbons (Fsp3) is 0.250. The van der Waals surface area contributed by atoms with E-state index < -0.39 is 10.1 Å². The summed E-state index contributed by atoms with van der Waals surface area (Å²) >= 11 is 0. The first-order valence-corrected chi connectivity index (χ1v) is 7.94. The van der Waals surface area contributed by atoms with Crippen LogP contribution in [0.2, 0.25) is 0 Å². The highest BCUT2D eigenvalue weighted by Gasteiger charge is 2.19. The third-order valence-electron chi connectivity index (χ3n) is 3.18. The molecule has 0 saturated heterocycles. The number of hydrogen-bond donors (Lipinski definition) is 0. The lowest BCUT2D eigenvalue weighted by Crippen LogP contribution is -2.11. The summed E-state index contributed by atoms with van der Waals surface area (Å²) in [7, 11) is -3.79. The zero-order valence-electron chi connectivity index (χ0n) is 11.9. The van der Waals surface area contributed by atoms with Crippen molar-refractivity contribution in [2.75, 3.05) is 0 Å². The molecule has 0 aliphatic carbocycles. The van der Waals surface area contributed by atoms with Gasteiger partial charge in [-0.1, -0.05) is 42.8 Å². The van der Waals surface area contributed by atoms with Crippen molar-refractivity contribution in [1.82, 2.24) is 0 Å². The minimum Gasteiger partial charge on any atom is -0.378 e. The van der Waals surface area contributed by atoms with Gasteiger partial charge in [-0.2, -0.15) is 8.42 Å². The van der Waals surface area contributed by atoms with Crippen molar-refractivity contribution in [2.24, 2.45) is 0 Å². The second-order valence-corrected chi connectivity index (χ2v) is 6.31. The van der Waals surface area contributed by atoms with Crippen LogP contribution in [0.1, 0.15) is 23.6 Å². The Labute approximate surface area is 120 Å². The van der Waals surface area contributed by atoms with Crippen LogP contribution in [0.3, 0.4) is 0 Å². The van der Waals surface area contributed by atoms with Crippen LogP contribution in [0.25, 0.3) is 0 Å². The van der Waals surface area contributed by atoms with E-state index in [0.717, 1.165) is 23.1 Å². The largest absolute Gasteiger partial charge is 0.378 e. The topological polar surface area (TPSA) is 43.4 Å². The Balaban J connectivity index is 2.41. The minimum absolute atomic E-state index is 0.174. The molecule has 0 unspecified atom stereocenters. The minimum atomic E-state index is -3.79. The van der Waals surface area contributed by atoms with E-state index in [9.17, 15) is 8.42 Å². The van der Waals surface area contributed by atoms with Crippen LogP contribution < -0.4 is 4.18 Å². The monoisotopic (exact) mass is 290 g/mol. The van der Waals surface area contributed by atoms with Crippen LogP contribution in [0.15, 0.2) is 47.4 Å². The number of benzene rings is 2. The molecule has 0 amide bonds. The van der Waals surface area contributed by atoms with Crippen LogP contribution in [-0.4, -0.2) is 8.42 Å². The Bertz CT molecular complexity index is 701. The van der Waals surface area contributed by atoms with Gasteiger partial charge in [0.15, 0.2) is 0 Å². The first-order chi connectivity index (χ1) is 9.44. The molecule has 2 aromatic carbocycles. The van der Waals surface area contributed by atoms with Gasteiger partial charge in [0.1, 0.15) is 10.6 Å². The molecule has 0 heterocycles. The van der Waals surface area contributed by atoms with Crippen molar-refractivity contribution in [3.63, 3.8) is 0 Å². The van der Waals surface area contributed by atoms with Gasteiger partial charge in [0.05, 0.1) is 0 Å². The lowest BCUT2D eigenvalue weighted by molar-refractivity contribution is 0.481. The van der Waals surface area contributed by atoms with Gasteiger partial charge in [-0.3, -0.25) is 0 Å². The molecule has 0 bridgehead atoms. The second-order valence-electron chi connectivity index (χ2n) is 4.77. The van der Waals surface area contributed by atoms with Gasteiger partial charge in [-0.25, -0.2) is 0 Å². The van der Waals surface area contributed by atoms with E-state index >= 15 is 0 Å². The molecule has 0 fully saturated rings. The fourth-order valence-electron chi connectivity index (χ4n) is 1.97. The highest BCUT2D eigenvalue weighted by molar-refractivity contribution is 7.87. The molecule has 0 spiro atoms. The molecular weight excluding hydrogens is 272 g/mol. The Morgan fingerprint density at radius 2 is 1.65 bits per heavy atom. The van der Waals surface area contributed by atoms with Crippen LogP contribution in [0.5, 0.6) is 5.75 Å². The SMILES string of the molecule is CCc1cccc(C)c1OS(=O)(=O)c1ccc(C)cc1. The van der Waals surface area contributed by atoms with E-state index in [2.05, 4.69) is 0 Å². The average Bonchev–Trinajstić information content (AvgIpc) is 2.41. The fourth-order valence-corrected chi connectivity index (χ4v) is 3.00. The summed E-state index contributed by atoms with van der Waals surface area (Å²) in [6, 6.07) is 12.3. The van der Waals surface area contributed by atoms with Crippen molar-refractivity contribution in [2.45, 2.75) is 32.1 Å². The van der Waals surface area contributed by atoms with Gasteiger partial charge in [0.25, 0.3) is 0 Å². The molecule has 2 aromatic rings. The van der Waals surface area contributed by atoms with Gasteiger partial charge in [-0.15, -0.1) is 0 Å². The first kappa shape index (κ1) is 14.6. The molecule has 0 aromatic heterocycles. The molecule has 3 nitrogen and oxygen atoms in total. The smallest absolute Gasteiger partial charge is 0.339 e. The molecule has 0 radical (unpaired) electrons. The molecule has 0 aliphatic rings. The summed E-state index contributed by atoms with van der Waals surface area (Å²) in [6.07, 6.45) is 0.723. The van der Waals surface area contributed by atoms with Gasteiger partial charge in [0.2, 0.25) is 0 Å². The van der Waals surface area contributed by atoms with E-state index in [4.69, 9.17) is 4.18 Å². The first-order valence-electron chi connectivity index (χ1n) is 6.53. The van der Waals surface area contributed by atoms with E-state index in [1.54, 1.807) is 24.3 Å². The van der Waals surface area contributed by atoms with Gasteiger partial charge >= 0.3 is 10.1 Å². The third-order valence-corrected chi connectivity index (χ3v) is 4.41. The van der Waals surface area contributed by atoms with Crippen molar-refractivity contribution in [3.05, 3.63) is 59.2 Å². The highest BCUT2D eigenvalue weighted by Crippen LogP contribution is 2.27. The zero-order chi connectivity index (χ0) is 14.8. The summed E-state index contributed by atoms with van der Waals surface area (Å²) in [5, 5.41) is 0. The second kappa shape index (κ2) is 5.67.